The first kappa shape index (κ1) is 15.4. The van der Waals surface area contributed by atoms with Crippen molar-refractivity contribution < 1.29 is 9.13 Å². The van der Waals surface area contributed by atoms with Gasteiger partial charge in [-0.15, -0.1) is 0 Å². The van der Waals surface area contributed by atoms with E-state index < -0.39 is 5.60 Å². The van der Waals surface area contributed by atoms with Gasteiger partial charge in [0.2, 0.25) is 0 Å². The van der Waals surface area contributed by atoms with Crippen LogP contribution >= 0.6 is 11.6 Å². The topological polar surface area (TPSA) is 35.2 Å². The van der Waals surface area contributed by atoms with Gasteiger partial charge in [-0.3, -0.25) is 0 Å². The summed E-state index contributed by atoms with van der Waals surface area (Å²) < 4.78 is 19.4. The molecule has 4 heteroatoms. The van der Waals surface area contributed by atoms with E-state index in [0.717, 1.165) is 6.42 Å². The second kappa shape index (κ2) is 6.50. The zero-order valence-electron chi connectivity index (χ0n) is 11.2. The molecule has 0 fully saturated rings. The van der Waals surface area contributed by atoms with E-state index in [4.69, 9.17) is 22.1 Å². The summed E-state index contributed by atoms with van der Waals surface area (Å²) in [5.74, 6) is -0.312. The van der Waals surface area contributed by atoms with E-state index in [1.54, 1.807) is 12.1 Å². The standard InChI is InChI=1S/C14H21ClFNO/c1-4-14(3,18-5-2)13(17)9-10-11(15)7-6-8-12(10)16/h6-8,13H,4-5,9,17H2,1-3H3. The van der Waals surface area contributed by atoms with Crippen LogP contribution in [-0.4, -0.2) is 18.2 Å². The number of hydrogen-bond donors (Lipinski definition) is 1. The van der Waals surface area contributed by atoms with Gasteiger partial charge < -0.3 is 10.5 Å². The van der Waals surface area contributed by atoms with Crippen molar-refractivity contribution in [3.8, 4) is 0 Å². The third-order valence-electron chi connectivity index (χ3n) is 3.45. The van der Waals surface area contributed by atoms with E-state index >= 15 is 0 Å². The molecule has 1 rings (SSSR count). The fourth-order valence-corrected chi connectivity index (χ4v) is 2.20. The van der Waals surface area contributed by atoms with Crippen molar-refractivity contribution in [2.24, 2.45) is 5.73 Å². The van der Waals surface area contributed by atoms with Crippen LogP contribution in [0.3, 0.4) is 0 Å². The molecule has 102 valence electrons. The molecule has 0 amide bonds. The number of rotatable bonds is 6. The summed E-state index contributed by atoms with van der Waals surface area (Å²) in [6, 6.07) is 4.37. The Balaban J connectivity index is 2.89. The van der Waals surface area contributed by atoms with Crippen molar-refractivity contribution in [3.05, 3.63) is 34.6 Å². The fourth-order valence-electron chi connectivity index (χ4n) is 1.96. The quantitative estimate of drug-likeness (QED) is 0.860. The van der Waals surface area contributed by atoms with Gasteiger partial charge in [0.15, 0.2) is 0 Å². The average molecular weight is 274 g/mol. The smallest absolute Gasteiger partial charge is 0.127 e. The highest BCUT2D eigenvalue weighted by Gasteiger charge is 2.31. The summed E-state index contributed by atoms with van der Waals surface area (Å²) in [6.45, 7) is 6.48. The van der Waals surface area contributed by atoms with Gasteiger partial charge in [-0.25, -0.2) is 4.39 Å². The van der Waals surface area contributed by atoms with Crippen molar-refractivity contribution >= 4 is 11.6 Å². The fraction of sp³-hybridized carbons (Fsp3) is 0.571. The number of halogens is 2. The predicted octanol–water partition coefficient (Wildman–Crippen LogP) is 3.55. The minimum Gasteiger partial charge on any atom is -0.374 e. The number of ether oxygens (including phenoxy) is 1. The summed E-state index contributed by atoms with van der Waals surface area (Å²) in [6.07, 6.45) is 1.14. The summed E-state index contributed by atoms with van der Waals surface area (Å²) >= 11 is 6.01. The third-order valence-corrected chi connectivity index (χ3v) is 3.80. The Morgan fingerprint density at radius 3 is 2.61 bits per heavy atom. The third kappa shape index (κ3) is 3.44. The molecule has 0 bridgehead atoms. The van der Waals surface area contributed by atoms with Crippen LogP contribution in [0.4, 0.5) is 4.39 Å². The molecule has 0 saturated carbocycles. The average Bonchev–Trinajstić information content (AvgIpc) is 2.34. The summed E-state index contributed by atoms with van der Waals surface area (Å²) in [7, 11) is 0. The van der Waals surface area contributed by atoms with Crippen molar-refractivity contribution in [3.63, 3.8) is 0 Å². The molecule has 2 N–H and O–H groups in total. The van der Waals surface area contributed by atoms with Crippen LogP contribution in [0.15, 0.2) is 18.2 Å². The van der Waals surface area contributed by atoms with Crippen LogP contribution in [0.2, 0.25) is 5.02 Å². The number of hydrogen-bond acceptors (Lipinski definition) is 2. The Bertz CT molecular complexity index is 379. The lowest BCUT2D eigenvalue weighted by atomic mass is 9.89. The van der Waals surface area contributed by atoms with E-state index in [1.165, 1.54) is 6.07 Å². The van der Waals surface area contributed by atoms with E-state index in [0.29, 0.717) is 23.6 Å². The molecule has 1 aromatic carbocycles. The largest absolute Gasteiger partial charge is 0.374 e. The molecule has 0 spiro atoms. The Labute approximate surface area is 113 Å². The first-order chi connectivity index (χ1) is 8.44. The van der Waals surface area contributed by atoms with Crippen LogP contribution in [0.5, 0.6) is 0 Å². The molecule has 0 aliphatic carbocycles. The highest BCUT2D eigenvalue weighted by Crippen LogP contribution is 2.26. The highest BCUT2D eigenvalue weighted by molar-refractivity contribution is 6.31. The predicted molar refractivity (Wildman–Crippen MR) is 73.4 cm³/mol. The number of benzene rings is 1. The Morgan fingerprint density at radius 2 is 2.11 bits per heavy atom. The van der Waals surface area contributed by atoms with Crippen LogP contribution < -0.4 is 5.73 Å². The second-order valence-corrected chi connectivity index (χ2v) is 5.02. The highest BCUT2D eigenvalue weighted by atomic mass is 35.5. The first-order valence-electron chi connectivity index (χ1n) is 6.27. The molecule has 0 heterocycles. The van der Waals surface area contributed by atoms with Crippen LogP contribution in [0, 0.1) is 5.82 Å². The van der Waals surface area contributed by atoms with Gasteiger partial charge in [0.25, 0.3) is 0 Å². The van der Waals surface area contributed by atoms with Crippen molar-refractivity contribution in [1.29, 1.82) is 0 Å². The Hall–Kier alpha value is -0.640. The van der Waals surface area contributed by atoms with Gasteiger partial charge in [0, 0.05) is 23.2 Å². The summed E-state index contributed by atoms with van der Waals surface area (Å²) in [5.41, 5.74) is 6.17. The van der Waals surface area contributed by atoms with E-state index in [-0.39, 0.29) is 11.9 Å². The van der Waals surface area contributed by atoms with Gasteiger partial charge in [0.1, 0.15) is 5.82 Å². The maximum atomic E-state index is 13.7. The van der Waals surface area contributed by atoms with Crippen molar-refractivity contribution in [1.82, 2.24) is 0 Å². The van der Waals surface area contributed by atoms with Gasteiger partial charge >= 0.3 is 0 Å². The molecule has 0 aromatic heterocycles. The molecular weight excluding hydrogens is 253 g/mol. The minimum absolute atomic E-state index is 0.295. The normalized spacial score (nSPS) is 16.3. The molecule has 1 aromatic rings. The van der Waals surface area contributed by atoms with E-state index in [9.17, 15) is 4.39 Å². The monoisotopic (exact) mass is 273 g/mol. The van der Waals surface area contributed by atoms with Crippen LogP contribution in [-0.2, 0) is 11.2 Å². The molecule has 2 nitrogen and oxygen atoms in total. The maximum absolute atomic E-state index is 13.7. The lowest BCUT2D eigenvalue weighted by molar-refractivity contribution is -0.0462. The molecule has 0 aliphatic rings. The van der Waals surface area contributed by atoms with Gasteiger partial charge in [-0.2, -0.15) is 0 Å². The van der Waals surface area contributed by atoms with E-state index in [1.807, 2.05) is 20.8 Å². The lowest BCUT2D eigenvalue weighted by Gasteiger charge is -2.34. The molecule has 2 atom stereocenters. The molecule has 18 heavy (non-hydrogen) atoms. The molecule has 0 radical (unpaired) electrons. The SMILES string of the molecule is CCOC(C)(CC)C(N)Cc1c(F)cccc1Cl. The Morgan fingerprint density at radius 1 is 1.44 bits per heavy atom. The van der Waals surface area contributed by atoms with Gasteiger partial charge in [0.05, 0.1) is 5.60 Å². The number of nitrogens with two attached hydrogens (primary N) is 1. The molecule has 0 saturated heterocycles. The zero-order chi connectivity index (χ0) is 13.8. The van der Waals surface area contributed by atoms with Crippen LogP contribution in [0.1, 0.15) is 32.8 Å². The maximum Gasteiger partial charge on any atom is 0.127 e. The molecule has 2 unspecified atom stereocenters. The molecule has 0 aliphatic heterocycles. The second-order valence-electron chi connectivity index (χ2n) is 4.61. The van der Waals surface area contributed by atoms with Crippen molar-refractivity contribution in [2.45, 2.75) is 45.3 Å². The van der Waals surface area contributed by atoms with Gasteiger partial charge in [-0.05, 0) is 38.8 Å². The van der Waals surface area contributed by atoms with Crippen molar-refractivity contribution in [2.75, 3.05) is 6.61 Å². The minimum atomic E-state index is -0.458. The van der Waals surface area contributed by atoms with Crippen LogP contribution in [0.25, 0.3) is 0 Å². The summed E-state index contributed by atoms with van der Waals surface area (Å²) in [4.78, 5) is 0. The lowest BCUT2D eigenvalue weighted by Crippen LogP contribution is -2.48. The Kier molecular flexibility index (Phi) is 5.57. The first-order valence-corrected chi connectivity index (χ1v) is 6.64. The van der Waals surface area contributed by atoms with E-state index in [2.05, 4.69) is 0 Å². The van der Waals surface area contributed by atoms with Gasteiger partial charge in [-0.1, -0.05) is 24.6 Å². The zero-order valence-corrected chi connectivity index (χ0v) is 11.9. The molecular formula is C14H21ClFNO. The summed E-state index contributed by atoms with van der Waals surface area (Å²) in [5, 5.41) is 0.417.